The van der Waals surface area contributed by atoms with Gasteiger partial charge in [0, 0.05) is 33.6 Å². The first-order valence-electron chi connectivity index (χ1n) is 13.6. The van der Waals surface area contributed by atoms with Gasteiger partial charge in [-0.05, 0) is 36.6 Å². The normalized spacial score (nSPS) is 12.1. The molecule has 0 aromatic heterocycles. The molecule has 0 bridgehead atoms. The van der Waals surface area contributed by atoms with Crippen molar-refractivity contribution in [2.75, 3.05) is 31.5 Å². The molecule has 0 fully saturated rings. The maximum Gasteiger partial charge on any atom is 0.304 e. The van der Waals surface area contributed by atoms with E-state index in [0.717, 1.165) is 38.1 Å². The third kappa shape index (κ3) is 8.40. The van der Waals surface area contributed by atoms with Gasteiger partial charge in [0.15, 0.2) is 0 Å². The highest BCUT2D eigenvalue weighted by Gasteiger charge is 2.34. The molecule has 8 nitrogen and oxygen atoms in total. The lowest BCUT2D eigenvalue weighted by atomic mass is 10.0. The van der Waals surface area contributed by atoms with Crippen LogP contribution in [0.15, 0.2) is 84.9 Å². The molecule has 1 N–H and O–H groups in total. The summed E-state index contributed by atoms with van der Waals surface area (Å²) in [6, 6.07) is 25.0. The predicted molar refractivity (Wildman–Crippen MR) is 160 cm³/mol. The van der Waals surface area contributed by atoms with Crippen LogP contribution in [-0.4, -0.2) is 62.7 Å². The van der Waals surface area contributed by atoms with Gasteiger partial charge in [-0.3, -0.25) is 9.59 Å². The van der Waals surface area contributed by atoms with Gasteiger partial charge in [0.25, 0.3) is 0 Å². The Morgan fingerprint density at radius 3 is 2.02 bits per heavy atom. The Labute approximate surface area is 238 Å². The molecule has 3 rings (SSSR count). The lowest BCUT2D eigenvalue weighted by molar-refractivity contribution is -0.140. The molecule has 3 aromatic carbocycles. The molecule has 0 aliphatic heterocycles. The second kappa shape index (κ2) is 14.6. The molecule has 214 valence electrons. The third-order valence-corrected chi connectivity index (χ3v) is 8.46. The number of anilines is 1. The van der Waals surface area contributed by atoms with Crippen molar-refractivity contribution >= 4 is 27.7 Å². The number of carbonyl (C=O) groups is 2. The lowest BCUT2D eigenvalue weighted by Crippen LogP contribution is -2.54. The summed E-state index contributed by atoms with van der Waals surface area (Å²) in [7, 11) is -1.14. The topological polar surface area (TPSA) is 90.0 Å². The van der Waals surface area contributed by atoms with Gasteiger partial charge in [-0.1, -0.05) is 91.7 Å². The van der Waals surface area contributed by atoms with Gasteiger partial charge >= 0.3 is 10.2 Å². The fraction of sp³-hybridized carbons (Fsp3) is 0.355. The number of hydrogen-bond acceptors (Lipinski definition) is 4. The summed E-state index contributed by atoms with van der Waals surface area (Å²) >= 11 is 0. The van der Waals surface area contributed by atoms with E-state index in [-0.39, 0.29) is 12.5 Å². The summed E-state index contributed by atoms with van der Waals surface area (Å²) in [4.78, 5) is 29.3. The Balaban J connectivity index is 2.05. The molecule has 40 heavy (non-hydrogen) atoms. The van der Waals surface area contributed by atoms with E-state index >= 15 is 0 Å². The summed E-state index contributed by atoms with van der Waals surface area (Å²) in [5.41, 5.74) is 3.19. The van der Waals surface area contributed by atoms with Crippen LogP contribution < -0.4 is 9.62 Å². The largest absolute Gasteiger partial charge is 0.354 e. The van der Waals surface area contributed by atoms with Crippen LogP contribution in [0.25, 0.3) is 0 Å². The van der Waals surface area contributed by atoms with Gasteiger partial charge in [-0.25, -0.2) is 4.31 Å². The minimum Gasteiger partial charge on any atom is -0.354 e. The monoisotopic (exact) mass is 564 g/mol. The minimum absolute atomic E-state index is 0.155. The molecule has 0 saturated carbocycles. The molecular weight excluding hydrogens is 524 g/mol. The number of para-hydroxylation sites is 1. The minimum atomic E-state index is -4.00. The second-order valence-corrected chi connectivity index (χ2v) is 12.1. The highest BCUT2D eigenvalue weighted by atomic mass is 32.2. The zero-order valence-corrected chi connectivity index (χ0v) is 24.6. The Bertz CT molecular complexity index is 1330. The first-order chi connectivity index (χ1) is 19.1. The summed E-state index contributed by atoms with van der Waals surface area (Å²) < 4.78 is 28.9. The molecule has 0 spiro atoms. The summed E-state index contributed by atoms with van der Waals surface area (Å²) in [5.74, 6) is -0.735. The van der Waals surface area contributed by atoms with E-state index < -0.39 is 28.7 Å². The van der Waals surface area contributed by atoms with Crippen molar-refractivity contribution in [1.29, 1.82) is 0 Å². The Hall–Kier alpha value is -3.69. The van der Waals surface area contributed by atoms with E-state index in [2.05, 4.69) is 5.32 Å². The fourth-order valence-corrected chi connectivity index (χ4v) is 5.32. The smallest absolute Gasteiger partial charge is 0.304 e. The third-order valence-electron chi connectivity index (χ3n) is 6.64. The standard InChI is InChI=1S/C31H40N4O4S/c1-5-6-21-32-31(37)29(22-26-13-9-7-10-14-26)34(23-27-19-17-25(2)18-20-27)30(36)24-35(40(38,39)33(3)4)28-15-11-8-12-16-28/h7-20,29H,5-6,21-24H2,1-4H3,(H,32,37)/t29-/m1/s1. The van der Waals surface area contributed by atoms with Crippen LogP contribution >= 0.6 is 0 Å². The number of rotatable bonds is 14. The first kappa shape index (κ1) is 30.8. The van der Waals surface area contributed by atoms with Gasteiger partial charge in [-0.15, -0.1) is 0 Å². The molecule has 0 heterocycles. The van der Waals surface area contributed by atoms with E-state index in [0.29, 0.717) is 18.7 Å². The van der Waals surface area contributed by atoms with Crippen molar-refractivity contribution in [1.82, 2.24) is 14.5 Å². The van der Waals surface area contributed by atoms with E-state index in [1.807, 2.05) is 68.4 Å². The summed E-state index contributed by atoms with van der Waals surface area (Å²) in [6.45, 7) is 4.23. The molecule has 3 aromatic rings. The SMILES string of the molecule is CCCCNC(=O)[C@@H](Cc1ccccc1)N(Cc1ccc(C)cc1)C(=O)CN(c1ccccc1)S(=O)(=O)N(C)C. The zero-order valence-electron chi connectivity index (χ0n) is 23.8. The Morgan fingerprint density at radius 1 is 0.850 bits per heavy atom. The Morgan fingerprint density at radius 2 is 1.45 bits per heavy atom. The number of benzene rings is 3. The average Bonchev–Trinajstić information content (AvgIpc) is 2.95. The van der Waals surface area contributed by atoms with Crippen LogP contribution in [0.2, 0.25) is 0 Å². The van der Waals surface area contributed by atoms with E-state index in [1.54, 1.807) is 30.3 Å². The number of nitrogens with one attached hydrogen (secondary N) is 1. The number of carbonyl (C=O) groups excluding carboxylic acids is 2. The fourth-order valence-electron chi connectivity index (χ4n) is 4.26. The van der Waals surface area contributed by atoms with Crippen LogP contribution in [0.1, 0.15) is 36.5 Å². The molecule has 0 radical (unpaired) electrons. The van der Waals surface area contributed by atoms with Gasteiger partial charge in [-0.2, -0.15) is 12.7 Å². The highest BCUT2D eigenvalue weighted by Crippen LogP contribution is 2.21. The lowest BCUT2D eigenvalue weighted by Gasteiger charge is -2.34. The summed E-state index contributed by atoms with van der Waals surface area (Å²) in [5, 5.41) is 2.99. The number of hydrogen-bond donors (Lipinski definition) is 1. The van der Waals surface area contributed by atoms with Crippen LogP contribution in [0, 0.1) is 6.92 Å². The van der Waals surface area contributed by atoms with E-state index in [1.165, 1.54) is 19.0 Å². The molecule has 9 heteroatoms. The average molecular weight is 565 g/mol. The quantitative estimate of drug-likeness (QED) is 0.298. The van der Waals surface area contributed by atoms with Gasteiger partial charge in [0.1, 0.15) is 12.6 Å². The van der Waals surface area contributed by atoms with E-state index in [9.17, 15) is 18.0 Å². The number of aryl methyl sites for hydroxylation is 1. The number of amides is 2. The van der Waals surface area contributed by atoms with Gasteiger partial charge < -0.3 is 10.2 Å². The molecule has 2 amide bonds. The first-order valence-corrected chi connectivity index (χ1v) is 14.9. The number of unbranched alkanes of at least 4 members (excludes halogenated alkanes) is 1. The zero-order chi connectivity index (χ0) is 29.1. The molecule has 0 aliphatic rings. The maximum atomic E-state index is 14.2. The second-order valence-electron chi connectivity index (χ2n) is 9.99. The molecular formula is C31H40N4O4S. The highest BCUT2D eigenvalue weighted by molar-refractivity contribution is 7.90. The molecule has 0 unspecified atom stereocenters. The van der Waals surface area contributed by atoms with Crippen LogP contribution in [0.5, 0.6) is 0 Å². The van der Waals surface area contributed by atoms with Gasteiger partial charge in [0.2, 0.25) is 11.8 Å². The Kier molecular flexibility index (Phi) is 11.3. The van der Waals surface area contributed by atoms with Crippen molar-refractivity contribution in [2.24, 2.45) is 0 Å². The maximum absolute atomic E-state index is 14.2. The number of nitrogens with zero attached hydrogens (tertiary/aromatic N) is 3. The van der Waals surface area contributed by atoms with Crippen molar-refractivity contribution in [3.63, 3.8) is 0 Å². The van der Waals surface area contributed by atoms with E-state index in [4.69, 9.17) is 0 Å². The van der Waals surface area contributed by atoms with Crippen molar-refractivity contribution in [3.8, 4) is 0 Å². The van der Waals surface area contributed by atoms with Crippen LogP contribution in [0.4, 0.5) is 5.69 Å². The van der Waals surface area contributed by atoms with Crippen LogP contribution in [0.3, 0.4) is 0 Å². The van der Waals surface area contributed by atoms with Crippen molar-refractivity contribution in [2.45, 2.75) is 45.7 Å². The predicted octanol–water partition coefficient (Wildman–Crippen LogP) is 4.16. The molecule has 0 aliphatic carbocycles. The van der Waals surface area contributed by atoms with Crippen LogP contribution in [-0.2, 0) is 32.8 Å². The van der Waals surface area contributed by atoms with Gasteiger partial charge in [0.05, 0.1) is 5.69 Å². The summed E-state index contributed by atoms with van der Waals surface area (Å²) in [6.07, 6.45) is 2.03. The molecule has 0 saturated heterocycles. The molecule has 1 atom stereocenters. The van der Waals surface area contributed by atoms with Crippen molar-refractivity contribution in [3.05, 3.63) is 102 Å². The van der Waals surface area contributed by atoms with Crippen molar-refractivity contribution < 1.29 is 18.0 Å².